The van der Waals surface area contributed by atoms with Gasteiger partial charge in [0.15, 0.2) is 31.5 Å². The standard InChI is InChI=1S/C30H52O26/c31-1-6-11(36)16(41)17(42)27(49-6)54-23-13(38)8(3-33)51-29(19(23)44)56-25-15(40)10(5-35)52-30(21(25)46)55-24-14(39)9(4-34)50-28(20(24)45)53-22-12(37)7(2-32)48-26(47)18(22)43/h6-47H,1-5H2/t6-,7-,8-,9-,10-,11-,12-,13-,14-,15-,16+,17+,18+,19+,20+,21+,22+,23+,24+,25+,26?,27?,28?,29?,30?/m1/s1. The Hall–Kier alpha value is -1.04. The van der Waals surface area contributed by atoms with Crippen molar-refractivity contribution in [2.45, 2.75) is 154 Å². The van der Waals surface area contributed by atoms with E-state index in [0.29, 0.717) is 0 Å². The van der Waals surface area contributed by atoms with E-state index in [1.165, 1.54) is 0 Å². The Labute approximate surface area is 316 Å². The van der Waals surface area contributed by atoms with Crippen LogP contribution in [0.4, 0.5) is 0 Å². The van der Waals surface area contributed by atoms with Crippen molar-refractivity contribution < 1.29 is 129 Å². The zero-order chi connectivity index (χ0) is 41.3. The molecule has 5 aliphatic heterocycles. The van der Waals surface area contributed by atoms with Crippen LogP contribution < -0.4 is 0 Å². The monoisotopic (exact) mass is 828 g/mol. The van der Waals surface area contributed by atoms with E-state index < -0.39 is 187 Å². The predicted octanol–water partition coefficient (Wildman–Crippen LogP) is -11.9. The number of hydrogen-bond acceptors (Lipinski definition) is 26. The first-order valence-corrected chi connectivity index (χ1v) is 17.6. The molecular formula is C30H52O26. The fourth-order valence-electron chi connectivity index (χ4n) is 7.01. The molecule has 5 rings (SSSR count). The average Bonchev–Trinajstić information content (AvgIpc) is 3.18. The number of aliphatic hydroxyl groups is 17. The molecule has 56 heavy (non-hydrogen) atoms. The highest BCUT2D eigenvalue weighted by Gasteiger charge is 2.56. The van der Waals surface area contributed by atoms with Crippen LogP contribution in [0.1, 0.15) is 0 Å². The van der Waals surface area contributed by atoms with Crippen LogP contribution in [-0.4, -0.2) is 273 Å². The van der Waals surface area contributed by atoms with Crippen LogP contribution in [0.15, 0.2) is 0 Å². The second-order valence-electron chi connectivity index (χ2n) is 13.9. The fraction of sp³-hybridized carbons (Fsp3) is 1.00. The second-order valence-corrected chi connectivity index (χ2v) is 13.9. The molecule has 5 unspecified atom stereocenters. The van der Waals surface area contributed by atoms with Crippen LogP contribution in [-0.2, 0) is 42.6 Å². The van der Waals surface area contributed by atoms with E-state index in [1.54, 1.807) is 0 Å². The Morgan fingerprint density at radius 2 is 0.518 bits per heavy atom. The molecule has 0 bridgehead atoms. The van der Waals surface area contributed by atoms with Gasteiger partial charge in [0.1, 0.15) is 122 Å². The second kappa shape index (κ2) is 19.6. The molecule has 0 aromatic carbocycles. The lowest BCUT2D eigenvalue weighted by atomic mass is 9.95. The third-order valence-corrected chi connectivity index (χ3v) is 10.3. The lowest BCUT2D eigenvalue weighted by Gasteiger charge is -2.49. The molecule has 0 aliphatic carbocycles. The molecule has 26 nitrogen and oxygen atoms in total. The topological polar surface area (TPSA) is 427 Å². The number of aliphatic hydroxyl groups excluding tert-OH is 17. The van der Waals surface area contributed by atoms with Crippen LogP contribution in [0, 0.1) is 0 Å². The maximum absolute atomic E-state index is 11.4. The average molecular weight is 829 g/mol. The Kier molecular flexibility index (Phi) is 16.1. The van der Waals surface area contributed by atoms with E-state index in [9.17, 15) is 86.8 Å². The minimum atomic E-state index is -2.18. The van der Waals surface area contributed by atoms with Gasteiger partial charge >= 0.3 is 0 Å². The van der Waals surface area contributed by atoms with Gasteiger partial charge in [-0.05, 0) is 0 Å². The zero-order valence-corrected chi connectivity index (χ0v) is 29.2. The van der Waals surface area contributed by atoms with Crippen LogP contribution in [0.25, 0.3) is 0 Å². The van der Waals surface area contributed by atoms with Gasteiger partial charge in [-0.15, -0.1) is 0 Å². The summed E-state index contributed by atoms with van der Waals surface area (Å²) in [5, 5.41) is 177. The van der Waals surface area contributed by atoms with Gasteiger partial charge < -0.3 is 129 Å². The fourth-order valence-corrected chi connectivity index (χ4v) is 7.01. The third-order valence-electron chi connectivity index (χ3n) is 10.3. The van der Waals surface area contributed by atoms with Crippen molar-refractivity contribution >= 4 is 0 Å². The highest BCUT2D eigenvalue weighted by molar-refractivity contribution is 4.99. The van der Waals surface area contributed by atoms with Gasteiger partial charge in [0.2, 0.25) is 0 Å². The van der Waals surface area contributed by atoms with E-state index in [1.807, 2.05) is 0 Å². The van der Waals surface area contributed by atoms with Crippen molar-refractivity contribution in [1.29, 1.82) is 0 Å². The van der Waals surface area contributed by atoms with Gasteiger partial charge in [0.05, 0.1) is 33.0 Å². The smallest absolute Gasteiger partial charge is 0.187 e. The summed E-state index contributed by atoms with van der Waals surface area (Å²) >= 11 is 0. The summed E-state index contributed by atoms with van der Waals surface area (Å²) in [6.45, 7) is -4.58. The minimum absolute atomic E-state index is 0.837. The summed E-state index contributed by atoms with van der Waals surface area (Å²) in [5.74, 6) is 0. The highest BCUT2D eigenvalue weighted by atomic mass is 16.8. The zero-order valence-electron chi connectivity index (χ0n) is 29.2. The lowest BCUT2D eigenvalue weighted by Crippen LogP contribution is -2.68. The molecule has 26 heteroatoms. The summed E-state index contributed by atoms with van der Waals surface area (Å²) in [5.41, 5.74) is 0. The van der Waals surface area contributed by atoms with E-state index in [0.717, 1.165) is 0 Å². The summed E-state index contributed by atoms with van der Waals surface area (Å²) in [6.07, 6.45) is -47.2. The summed E-state index contributed by atoms with van der Waals surface area (Å²) in [4.78, 5) is 0. The van der Waals surface area contributed by atoms with Crippen molar-refractivity contribution in [3.05, 3.63) is 0 Å². The largest absolute Gasteiger partial charge is 0.394 e. The van der Waals surface area contributed by atoms with Gasteiger partial charge in [0, 0.05) is 0 Å². The minimum Gasteiger partial charge on any atom is -0.394 e. The molecule has 5 heterocycles. The van der Waals surface area contributed by atoms with E-state index in [-0.39, 0.29) is 0 Å². The van der Waals surface area contributed by atoms with Crippen molar-refractivity contribution in [1.82, 2.24) is 0 Å². The third kappa shape index (κ3) is 9.16. The normalized spacial score (nSPS) is 53.2. The molecule has 0 saturated carbocycles. The molecule has 0 amide bonds. The summed E-state index contributed by atoms with van der Waals surface area (Å²) in [7, 11) is 0. The van der Waals surface area contributed by atoms with Gasteiger partial charge in [-0.3, -0.25) is 0 Å². The molecule has 328 valence electrons. The Morgan fingerprint density at radius 1 is 0.268 bits per heavy atom. The molecule has 5 saturated heterocycles. The quantitative estimate of drug-likeness (QED) is 0.0819. The molecule has 0 radical (unpaired) electrons. The van der Waals surface area contributed by atoms with Crippen molar-refractivity contribution in [3.63, 3.8) is 0 Å². The Morgan fingerprint density at radius 3 is 0.821 bits per heavy atom. The van der Waals surface area contributed by atoms with Crippen molar-refractivity contribution in [2.75, 3.05) is 33.0 Å². The van der Waals surface area contributed by atoms with Gasteiger partial charge in [-0.25, -0.2) is 0 Å². The van der Waals surface area contributed by atoms with Crippen LogP contribution in [0.3, 0.4) is 0 Å². The Bertz CT molecular complexity index is 1210. The van der Waals surface area contributed by atoms with Gasteiger partial charge in [0.25, 0.3) is 0 Å². The molecule has 5 aliphatic rings. The molecular weight excluding hydrogens is 776 g/mol. The summed E-state index contributed by atoms with van der Waals surface area (Å²) < 4.78 is 48.9. The molecule has 5 fully saturated rings. The maximum atomic E-state index is 11.4. The van der Waals surface area contributed by atoms with Crippen LogP contribution >= 0.6 is 0 Å². The first kappa shape index (κ1) is 46.0. The SMILES string of the molecule is OC[C@H]1OC(O[C@H]2[C@H](O)[C@@H](CO)OC(O[C@H]3[C@H](O)[C@@H](CO)OC(O[C@H]4[C@H](O)[C@@H](CO)OC(O[C@H]5[C@H](O)[C@@H](CO)OC(O)[C@H]5O)[C@H]4O)[C@H]3O)[C@H]2O)[C@@H](O)[C@@H](O)[C@@H]1O. The van der Waals surface area contributed by atoms with Gasteiger partial charge in [-0.2, -0.15) is 0 Å². The number of ether oxygens (including phenoxy) is 9. The molecule has 17 N–H and O–H groups in total. The van der Waals surface area contributed by atoms with E-state index in [2.05, 4.69) is 0 Å². The predicted molar refractivity (Wildman–Crippen MR) is 167 cm³/mol. The first-order valence-electron chi connectivity index (χ1n) is 17.6. The highest BCUT2D eigenvalue weighted by Crippen LogP contribution is 2.35. The molecule has 0 aromatic rings. The Balaban J connectivity index is 1.34. The first-order chi connectivity index (χ1) is 26.5. The molecule has 0 aromatic heterocycles. The van der Waals surface area contributed by atoms with Crippen molar-refractivity contribution in [2.24, 2.45) is 0 Å². The number of rotatable bonds is 13. The van der Waals surface area contributed by atoms with Crippen LogP contribution in [0.2, 0.25) is 0 Å². The number of hydrogen-bond donors (Lipinski definition) is 17. The van der Waals surface area contributed by atoms with Gasteiger partial charge in [-0.1, -0.05) is 0 Å². The van der Waals surface area contributed by atoms with Crippen molar-refractivity contribution in [3.8, 4) is 0 Å². The molecule has 0 spiro atoms. The summed E-state index contributed by atoms with van der Waals surface area (Å²) in [6, 6.07) is 0. The lowest BCUT2D eigenvalue weighted by molar-refractivity contribution is -0.395. The van der Waals surface area contributed by atoms with E-state index in [4.69, 9.17) is 42.6 Å². The molecule has 25 atom stereocenters. The van der Waals surface area contributed by atoms with E-state index >= 15 is 0 Å². The maximum Gasteiger partial charge on any atom is 0.187 e. The van der Waals surface area contributed by atoms with Crippen LogP contribution in [0.5, 0.6) is 0 Å².